The Morgan fingerprint density at radius 1 is 1.46 bits per heavy atom. The Hall–Kier alpha value is -1.88. The molecule has 1 N–H and O–H groups in total. The number of imidazole rings is 1. The van der Waals surface area contributed by atoms with E-state index in [-0.39, 0.29) is 12.0 Å². The summed E-state index contributed by atoms with van der Waals surface area (Å²) in [6.45, 7) is 8.61. The van der Waals surface area contributed by atoms with Crippen molar-refractivity contribution in [2.24, 2.45) is 5.92 Å². The van der Waals surface area contributed by atoms with E-state index >= 15 is 0 Å². The van der Waals surface area contributed by atoms with Gasteiger partial charge < -0.3 is 14.6 Å². The van der Waals surface area contributed by atoms with Crippen molar-refractivity contribution in [3.63, 3.8) is 0 Å². The highest BCUT2D eigenvalue weighted by Gasteiger charge is 2.19. The van der Waals surface area contributed by atoms with Gasteiger partial charge >= 0.3 is 0 Å². The molecule has 1 atom stereocenters. The molecule has 3 rings (SSSR count). The number of benzene rings is 1. The van der Waals surface area contributed by atoms with Crippen molar-refractivity contribution in [1.29, 1.82) is 0 Å². The number of carbonyl (C=O) groups is 1. The first-order valence-corrected chi connectivity index (χ1v) is 8.93. The highest BCUT2D eigenvalue weighted by Crippen LogP contribution is 2.25. The molecular weight excluding hydrogens is 302 g/mol. The topological polar surface area (TPSA) is 56.1 Å². The average molecular weight is 329 g/mol. The Kier molecular flexibility index (Phi) is 5.19. The second-order valence-electron chi connectivity index (χ2n) is 7.01. The molecule has 2 aromatic rings. The van der Waals surface area contributed by atoms with Crippen molar-refractivity contribution in [1.82, 2.24) is 14.9 Å². The molecule has 130 valence electrons. The minimum atomic E-state index is -0.0409. The number of rotatable bonds is 6. The molecule has 0 aliphatic carbocycles. The molecule has 24 heavy (non-hydrogen) atoms. The van der Waals surface area contributed by atoms with Gasteiger partial charge in [-0.25, -0.2) is 4.98 Å². The molecule has 0 saturated carbocycles. The number of aryl methyl sites for hydroxylation is 1. The number of amides is 1. The Morgan fingerprint density at radius 3 is 3.08 bits per heavy atom. The molecule has 0 spiro atoms. The van der Waals surface area contributed by atoms with E-state index in [9.17, 15) is 4.79 Å². The molecule has 0 bridgehead atoms. The Labute approximate surface area is 143 Å². The minimum Gasteiger partial charge on any atom is -0.379 e. The summed E-state index contributed by atoms with van der Waals surface area (Å²) in [6, 6.07) is 5.83. The normalized spacial score (nSPS) is 17.2. The largest absolute Gasteiger partial charge is 0.379 e. The fourth-order valence-electron chi connectivity index (χ4n) is 3.18. The molecule has 5 heteroatoms. The second-order valence-corrected chi connectivity index (χ2v) is 7.01. The highest BCUT2D eigenvalue weighted by molar-refractivity contribution is 5.97. The van der Waals surface area contributed by atoms with Crippen molar-refractivity contribution in [2.75, 3.05) is 13.2 Å². The van der Waals surface area contributed by atoms with Crippen LogP contribution in [-0.4, -0.2) is 34.7 Å². The first-order valence-electron chi connectivity index (χ1n) is 8.93. The maximum absolute atomic E-state index is 12.3. The Morgan fingerprint density at radius 2 is 2.29 bits per heavy atom. The summed E-state index contributed by atoms with van der Waals surface area (Å²) in [5.41, 5.74) is 2.74. The maximum atomic E-state index is 12.3. The smallest absolute Gasteiger partial charge is 0.251 e. The van der Waals surface area contributed by atoms with Crippen LogP contribution >= 0.6 is 0 Å². The van der Waals surface area contributed by atoms with Gasteiger partial charge in [-0.1, -0.05) is 6.92 Å². The van der Waals surface area contributed by atoms with Gasteiger partial charge in [-0.2, -0.15) is 0 Å². The van der Waals surface area contributed by atoms with E-state index in [0.717, 1.165) is 36.2 Å². The van der Waals surface area contributed by atoms with Crippen LogP contribution in [-0.2, 0) is 17.7 Å². The highest BCUT2D eigenvalue weighted by atomic mass is 16.5. The van der Waals surface area contributed by atoms with Gasteiger partial charge in [-0.15, -0.1) is 0 Å². The summed E-state index contributed by atoms with van der Waals surface area (Å²) >= 11 is 0. The fraction of sp³-hybridized carbons (Fsp3) is 0.579. The molecule has 1 aromatic heterocycles. The molecule has 1 aliphatic rings. The van der Waals surface area contributed by atoms with E-state index in [1.807, 2.05) is 32.0 Å². The summed E-state index contributed by atoms with van der Waals surface area (Å²) in [6.07, 6.45) is 3.27. The third-order valence-corrected chi connectivity index (χ3v) is 4.52. The van der Waals surface area contributed by atoms with Crippen LogP contribution in [0, 0.1) is 5.92 Å². The van der Waals surface area contributed by atoms with Gasteiger partial charge in [0.25, 0.3) is 5.91 Å². The van der Waals surface area contributed by atoms with Crippen LogP contribution in [0.5, 0.6) is 0 Å². The summed E-state index contributed by atoms with van der Waals surface area (Å²) < 4.78 is 7.77. The van der Waals surface area contributed by atoms with Gasteiger partial charge in [-0.05, 0) is 50.8 Å². The number of ether oxygens (including phenoxy) is 1. The lowest BCUT2D eigenvalue weighted by Gasteiger charge is -2.19. The van der Waals surface area contributed by atoms with Crippen LogP contribution < -0.4 is 5.32 Å². The zero-order valence-corrected chi connectivity index (χ0v) is 14.8. The molecule has 0 radical (unpaired) electrons. The quantitative estimate of drug-likeness (QED) is 0.828. The van der Waals surface area contributed by atoms with Crippen LogP contribution in [0.15, 0.2) is 18.2 Å². The molecule has 1 aromatic carbocycles. The van der Waals surface area contributed by atoms with Crippen molar-refractivity contribution in [2.45, 2.75) is 52.7 Å². The van der Waals surface area contributed by atoms with E-state index in [0.29, 0.717) is 24.6 Å². The lowest BCUT2D eigenvalue weighted by atomic mass is 10.0. The van der Waals surface area contributed by atoms with Gasteiger partial charge in [0.05, 0.1) is 17.1 Å². The summed E-state index contributed by atoms with van der Waals surface area (Å²) in [5, 5.41) is 2.95. The first-order chi connectivity index (χ1) is 11.5. The first kappa shape index (κ1) is 17.0. The number of nitrogens with one attached hydrogen (secondary N) is 1. The monoisotopic (exact) mass is 329 g/mol. The summed E-state index contributed by atoms with van der Waals surface area (Å²) in [4.78, 5) is 17.0. The van der Waals surface area contributed by atoms with E-state index in [1.54, 1.807) is 0 Å². The van der Waals surface area contributed by atoms with E-state index in [2.05, 4.69) is 16.8 Å². The number of aromatic nitrogens is 2. The van der Waals surface area contributed by atoms with Crippen LogP contribution in [0.2, 0.25) is 0 Å². The zero-order chi connectivity index (χ0) is 17.1. The van der Waals surface area contributed by atoms with Crippen LogP contribution in [0.3, 0.4) is 0 Å². The molecule has 0 fully saturated rings. The predicted octanol–water partition coefficient (Wildman–Crippen LogP) is 3.16. The second kappa shape index (κ2) is 7.34. The van der Waals surface area contributed by atoms with Gasteiger partial charge in [0, 0.05) is 31.7 Å². The van der Waals surface area contributed by atoms with Crippen LogP contribution in [0.25, 0.3) is 11.0 Å². The number of hydrogen-bond donors (Lipinski definition) is 1. The average Bonchev–Trinajstić information content (AvgIpc) is 2.90. The minimum absolute atomic E-state index is 0.0409. The summed E-state index contributed by atoms with van der Waals surface area (Å²) in [7, 11) is 0. The third-order valence-electron chi connectivity index (χ3n) is 4.52. The Bertz CT molecular complexity index is 721. The van der Waals surface area contributed by atoms with Crippen molar-refractivity contribution in [3.8, 4) is 0 Å². The number of nitrogens with zero attached hydrogens (tertiary/aromatic N) is 2. The van der Waals surface area contributed by atoms with Gasteiger partial charge in [0.2, 0.25) is 0 Å². The van der Waals surface area contributed by atoms with Crippen molar-refractivity contribution >= 4 is 16.9 Å². The van der Waals surface area contributed by atoms with Crippen molar-refractivity contribution < 1.29 is 9.53 Å². The van der Waals surface area contributed by atoms with Crippen LogP contribution in [0.4, 0.5) is 0 Å². The van der Waals surface area contributed by atoms with Gasteiger partial charge in [0.15, 0.2) is 0 Å². The van der Waals surface area contributed by atoms with Crippen molar-refractivity contribution in [3.05, 3.63) is 29.6 Å². The number of hydrogen-bond acceptors (Lipinski definition) is 3. The molecule has 1 aliphatic heterocycles. The van der Waals surface area contributed by atoms with Gasteiger partial charge in [0.1, 0.15) is 5.82 Å². The van der Waals surface area contributed by atoms with Gasteiger partial charge in [-0.3, -0.25) is 4.79 Å². The molecule has 5 nitrogen and oxygen atoms in total. The van der Waals surface area contributed by atoms with E-state index < -0.39 is 0 Å². The maximum Gasteiger partial charge on any atom is 0.251 e. The molecule has 1 amide bonds. The molecule has 0 unspecified atom stereocenters. The standard InChI is InChI=1S/C19H27N3O2/c1-13(2)24-10-4-8-20-19(23)15-5-6-17-16(12-15)21-18-11-14(3)7-9-22(17)18/h5-6,12-14H,4,7-11H2,1-3H3,(H,20,23)/t14-/m1/s1. The number of carbonyl (C=O) groups excluding carboxylic acids is 1. The lowest BCUT2D eigenvalue weighted by Crippen LogP contribution is -2.25. The zero-order valence-electron chi connectivity index (χ0n) is 14.8. The molecule has 2 heterocycles. The SMILES string of the molecule is CC(C)OCCCNC(=O)c1ccc2c(c1)nc1n2CC[C@@H](C)C1. The predicted molar refractivity (Wildman–Crippen MR) is 95.3 cm³/mol. The fourth-order valence-corrected chi connectivity index (χ4v) is 3.18. The molecular formula is C19H27N3O2. The Balaban J connectivity index is 1.64. The van der Waals surface area contributed by atoms with E-state index in [4.69, 9.17) is 9.72 Å². The molecule has 0 saturated heterocycles. The van der Waals surface area contributed by atoms with E-state index in [1.165, 1.54) is 6.42 Å². The lowest BCUT2D eigenvalue weighted by molar-refractivity contribution is 0.0757. The van der Waals surface area contributed by atoms with Crippen LogP contribution in [0.1, 0.15) is 49.8 Å². The third kappa shape index (κ3) is 3.78. The summed E-state index contributed by atoms with van der Waals surface area (Å²) in [5.74, 6) is 1.79. The number of fused-ring (bicyclic) bond motifs is 3.